The summed E-state index contributed by atoms with van der Waals surface area (Å²) in [5.74, 6) is -3.05. The van der Waals surface area contributed by atoms with E-state index in [-0.39, 0.29) is 63.0 Å². The minimum absolute atomic E-state index is 0. The number of carbonyl (C=O) groups is 7. The van der Waals surface area contributed by atoms with Crippen molar-refractivity contribution >= 4 is 61.7 Å². The van der Waals surface area contributed by atoms with Crippen molar-refractivity contribution < 1.29 is 86.6 Å². The molecule has 0 radical (unpaired) electrons. The Balaban J connectivity index is 0.000000462. The van der Waals surface area contributed by atoms with Crippen LogP contribution >= 0.6 is 0 Å². The highest BCUT2D eigenvalue weighted by molar-refractivity contribution is 7.90. The zero-order valence-electron chi connectivity index (χ0n) is 53.0. The average molecular weight is 1300 g/mol. The number of sulfonamides is 2. The standard InChI is InChI=1S/C31H53F3N6O7S.C24H41F3N4O6S.CH4/c1-28(2,3)19(15-39(9)48(46,47)31(32,33)34)37-27(45)38-23(29(4,5)6)26(44)40-14-17-20(30(17,7)8)21(40)25(43)36-18(22(41)24(35)42)13-16-11-10-12-16;1-21(2,3)14(12-30(9)38(35,36)24(25,26)27)28-20(34)29-17(22(4,5)6)18(32)31-11-13-15(23(13,7)8)16(31)19(33)37-10;/h16-23,41H,10-15H2,1-9H3,(H2,35,42)(H,36,43)(H2,37,38,45);13-17H,11-12H2,1-10H3,(H2,28,29,34);1H4/t17-,18?,19+,20-,21-,22?,23+;13-,14+,15-,16-,17+;/m00./s1. The van der Waals surface area contributed by atoms with Crippen LogP contribution in [0.25, 0.3) is 0 Å². The van der Waals surface area contributed by atoms with Crippen LogP contribution in [0.4, 0.5) is 35.9 Å². The van der Waals surface area contributed by atoms with Crippen molar-refractivity contribution in [2.24, 2.45) is 67.8 Å². The zero-order valence-corrected chi connectivity index (χ0v) is 54.6. The van der Waals surface area contributed by atoms with Crippen LogP contribution in [0, 0.1) is 62.1 Å². The minimum Gasteiger partial charge on any atom is -0.467 e. The van der Waals surface area contributed by atoms with Gasteiger partial charge in [-0.1, -0.05) is 137 Å². The van der Waals surface area contributed by atoms with Gasteiger partial charge in [-0.05, 0) is 62.6 Å². The normalized spacial score (nSPS) is 24.8. The highest BCUT2D eigenvalue weighted by Gasteiger charge is 2.71. The predicted octanol–water partition coefficient (Wildman–Crippen LogP) is 5.09. The molecule has 3 aliphatic carbocycles. The quantitative estimate of drug-likeness (QED) is 0.0656. The lowest BCUT2D eigenvalue weighted by Gasteiger charge is -2.39. The first-order chi connectivity index (χ1) is 38.5. The van der Waals surface area contributed by atoms with Crippen LogP contribution in [0.15, 0.2) is 0 Å². The Labute approximate surface area is 509 Å². The summed E-state index contributed by atoms with van der Waals surface area (Å²) in [6, 6.07) is -8.87. The Hall–Kier alpha value is -4.75. The van der Waals surface area contributed by atoms with Crippen LogP contribution < -0.4 is 32.3 Å². The summed E-state index contributed by atoms with van der Waals surface area (Å²) >= 11 is 0. The summed E-state index contributed by atoms with van der Waals surface area (Å²) in [6.07, 6.45) is 1.55. The summed E-state index contributed by atoms with van der Waals surface area (Å²) < 4.78 is 131. The molecule has 2 heterocycles. The molecule has 87 heavy (non-hydrogen) atoms. The van der Waals surface area contributed by atoms with Gasteiger partial charge >= 0.3 is 49.1 Å². The van der Waals surface area contributed by atoms with Crippen LogP contribution in [-0.4, -0.2) is 189 Å². The maximum Gasteiger partial charge on any atom is 0.511 e. The first kappa shape index (κ1) is 76.5. The number of aliphatic hydroxyl groups is 1. The fourth-order valence-corrected chi connectivity index (χ4v) is 13.4. The van der Waals surface area contributed by atoms with Crippen LogP contribution in [0.3, 0.4) is 0 Å². The van der Waals surface area contributed by atoms with Crippen LogP contribution in [0.5, 0.6) is 0 Å². The van der Waals surface area contributed by atoms with Crippen molar-refractivity contribution in [3.8, 4) is 0 Å². The van der Waals surface area contributed by atoms with E-state index in [9.17, 15) is 81.8 Å². The minimum atomic E-state index is -5.67. The fraction of sp³-hybridized carbons (Fsp3) is 0.875. The number of nitrogens with zero attached hydrogens (tertiary/aromatic N) is 4. The number of hydrogen-bond donors (Lipinski definition) is 7. The van der Waals surface area contributed by atoms with E-state index >= 15 is 0 Å². The number of rotatable bonds is 19. The van der Waals surface area contributed by atoms with E-state index in [2.05, 4.69) is 26.6 Å². The van der Waals surface area contributed by atoms with Gasteiger partial charge in [0.1, 0.15) is 24.2 Å². The molecule has 504 valence electrons. The van der Waals surface area contributed by atoms with Gasteiger partial charge in [0.25, 0.3) is 0 Å². The number of nitrogens with one attached hydrogen (secondary N) is 5. The van der Waals surface area contributed by atoms with E-state index in [0.717, 1.165) is 33.4 Å². The molecule has 0 aromatic carbocycles. The molecule has 23 nitrogen and oxygen atoms in total. The maximum atomic E-state index is 14.3. The second-order valence-corrected chi connectivity index (χ2v) is 33.5. The highest BCUT2D eigenvalue weighted by Crippen LogP contribution is 2.66. The number of amides is 8. The van der Waals surface area contributed by atoms with Gasteiger partial charge in [0.2, 0.25) is 23.6 Å². The first-order valence-corrected chi connectivity index (χ1v) is 31.5. The van der Waals surface area contributed by atoms with Gasteiger partial charge < -0.3 is 52.0 Å². The van der Waals surface area contributed by atoms with Gasteiger partial charge in [0.05, 0.1) is 13.2 Å². The summed E-state index contributed by atoms with van der Waals surface area (Å²) in [5.41, 5.74) is -9.47. The monoisotopic (exact) mass is 1300 g/mol. The molecule has 8 amide bonds. The van der Waals surface area contributed by atoms with Gasteiger partial charge in [0.15, 0.2) is 6.10 Å². The number of hydrogen-bond acceptors (Lipinski definition) is 13. The summed E-state index contributed by atoms with van der Waals surface area (Å²) in [7, 11) is -8.46. The lowest BCUT2D eigenvalue weighted by Crippen LogP contribution is -2.63. The number of likely N-dealkylation sites (tertiary alicyclic amines) is 2. The number of methoxy groups -OCH3 is 1. The molecule has 12 atom stereocenters. The predicted molar refractivity (Wildman–Crippen MR) is 312 cm³/mol. The smallest absolute Gasteiger partial charge is 0.467 e. The maximum absolute atomic E-state index is 14.3. The van der Waals surface area contributed by atoms with Gasteiger partial charge in [0, 0.05) is 58.3 Å². The zero-order chi connectivity index (χ0) is 66.8. The third-order valence-corrected chi connectivity index (χ3v) is 21.4. The number of urea groups is 2. The van der Waals surface area contributed by atoms with E-state index in [0.29, 0.717) is 13.0 Å². The third kappa shape index (κ3) is 17.0. The van der Waals surface area contributed by atoms with E-state index in [1.807, 2.05) is 27.7 Å². The number of halogens is 6. The summed E-state index contributed by atoms with van der Waals surface area (Å²) in [4.78, 5) is 95.7. The van der Waals surface area contributed by atoms with E-state index < -0.39 is 156 Å². The van der Waals surface area contributed by atoms with E-state index in [1.165, 1.54) is 16.9 Å². The first-order valence-electron chi connectivity index (χ1n) is 28.7. The molecule has 5 aliphatic rings. The molecule has 5 fully saturated rings. The molecule has 2 unspecified atom stereocenters. The van der Waals surface area contributed by atoms with E-state index in [1.54, 1.807) is 83.1 Å². The Kier molecular flexibility index (Phi) is 23.1. The van der Waals surface area contributed by atoms with Gasteiger partial charge in [-0.25, -0.2) is 31.2 Å². The van der Waals surface area contributed by atoms with Crippen LogP contribution in [0.1, 0.15) is 144 Å². The van der Waals surface area contributed by atoms with Gasteiger partial charge in [-0.15, -0.1) is 0 Å². The summed E-state index contributed by atoms with van der Waals surface area (Å²) in [5, 5.41) is 23.7. The molecular weight excluding hydrogens is 1200 g/mol. The second-order valence-electron chi connectivity index (χ2n) is 29.4. The fourth-order valence-electron chi connectivity index (χ4n) is 12.0. The lowest BCUT2D eigenvalue weighted by atomic mass is 9.79. The molecule has 2 saturated heterocycles. The number of primary amides is 1. The van der Waals surface area contributed by atoms with E-state index in [4.69, 9.17) is 10.5 Å². The molecule has 0 aromatic rings. The number of alkyl halides is 6. The van der Waals surface area contributed by atoms with Crippen molar-refractivity contribution in [1.82, 2.24) is 45.0 Å². The second kappa shape index (κ2) is 26.2. The number of aliphatic hydroxyl groups excluding tert-OH is 1. The molecule has 2 aliphatic heterocycles. The average Bonchev–Trinajstić information content (AvgIpc) is 1.54. The topological polar surface area (TPSA) is 316 Å². The van der Waals surface area contributed by atoms with Crippen molar-refractivity contribution in [2.75, 3.05) is 47.4 Å². The Morgan fingerprint density at radius 3 is 1.24 bits per heavy atom. The third-order valence-electron chi connectivity index (χ3n) is 18.3. The molecule has 0 aromatic heterocycles. The van der Waals surface area contributed by atoms with Gasteiger partial charge in [-0.3, -0.25) is 19.2 Å². The molecule has 31 heteroatoms. The number of fused-ring (bicyclic) bond motifs is 2. The summed E-state index contributed by atoms with van der Waals surface area (Å²) in [6.45, 7) is 27.3. The largest absolute Gasteiger partial charge is 0.511 e. The number of piperidine rings is 2. The van der Waals surface area contributed by atoms with Crippen LogP contribution in [0.2, 0.25) is 0 Å². The molecular formula is C56H98F6N10O13S2. The van der Waals surface area contributed by atoms with Crippen molar-refractivity contribution in [3.05, 3.63) is 0 Å². The molecule has 3 saturated carbocycles. The highest BCUT2D eigenvalue weighted by atomic mass is 32.2. The number of ether oxygens (including phenoxy) is 1. The number of nitrogens with two attached hydrogens (primary N) is 1. The Morgan fingerprint density at radius 2 is 0.954 bits per heavy atom. The number of likely N-dealkylation sites (N-methyl/N-ethyl adjacent to an activating group) is 2. The number of carbonyl (C=O) groups excluding carboxylic acids is 7. The molecule has 5 rings (SSSR count). The SMILES string of the molecule is C.CN(C[C@@H](NC(=O)N[C@H](C(=O)N1C[C@H]2[C@@H]([C@H]1C(=O)NC(CC1CCC1)C(O)C(N)=O)C2(C)C)C(C)(C)C)C(C)(C)C)S(=O)(=O)C(F)(F)F.COC(=O)[C@@H]1[C@@H]2[C@H](CN1C(=O)[C@@H](NC(=O)N[C@H](CN(C)S(=O)(=O)C(F)(F)F)C(C)(C)C)C(C)(C)C)C2(C)C. The lowest BCUT2D eigenvalue weighted by molar-refractivity contribution is -0.154. The van der Waals surface area contributed by atoms with Crippen molar-refractivity contribution in [3.63, 3.8) is 0 Å². The molecule has 0 bridgehead atoms. The number of esters is 1. The van der Waals surface area contributed by atoms with Crippen LogP contribution in [-0.2, 0) is 48.8 Å². The Morgan fingerprint density at radius 1 is 0.609 bits per heavy atom. The van der Waals surface area contributed by atoms with Gasteiger partial charge in [-0.2, -0.15) is 35.0 Å². The van der Waals surface area contributed by atoms with Crippen molar-refractivity contribution in [1.29, 1.82) is 0 Å². The molecule has 0 spiro atoms. The Bertz CT molecular complexity index is 2770. The molecule has 8 N–H and O–H groups in total. The van der Waals surface area contributed by atoms with Crippen molar-refractivity contribution in [2.45, 2.75) is 203 Å².